The van der Waals surface area contributed by atoms with Crippen LogP contribution in [0.1, 0.15) is 5.56 Å². The third kappa shape index (κ3) is 3.77. The first-order chi connectivity index (χ1) is 9.58. The van der Waals surface area contributed by atoms with E-state index in [0.29, 0.717) is 19.6 Å². The SMILES string of the molecule is CN(C)C(=O)NCCNCc1cc(Br)c2c(c1)OCO2. The van der Waals surface area contributed by atoms with Crippen molar-refractivity contribution in [2.75, 3.05) is 34.0 Å². The Kier molecular flexibility index (Phi) is 5.08. The largest absolute Gasteiger partial charge is 0.454 e. The minimum absolute atomic E-state index is 0.0855. The summed E-state index contributed by atoms with van der Waals surface area (Å²) >= 11 is 3.46. The van der Waals surface area contributed by atoms with Crippen molar-refractivity contribution in [2.45, 2.75) is 6.54 Å². The van der Waals surface area contributed by atoms with Crippen LogP contribution in [0, 0.1) is 0 Å². The summed E-state index contributed by atoms with van der Waals surface area (Å²) in [6.07, 6.45) is 0. The highest BCUT2D eigenvalue weighted by Gasteiger charge is 2.17. The number of halogens is 1. The molecule has 7 heteroatoms. The molecule has 2 N–H and O–H groups in total. The maximum atomic E-state index is 11.3. The average Bonchev–Trinajstić information content (AvgIpc) is 2.86. The number of hydrogen-bond acceptors (Lipinski definition) is 4. The molecular formula is C13H18BrN3O3. The van der Waals surface area contributed by atoms with Gasteiger partial charge in [0, 0.05) is 33.7 Å². The van der Waals surface area contributed by atoms with Gasteiger partial charge in [-0.2, -0.15) is 0 Å². The van der Waals surface area contributed by atoms with E-state index in [2.05, 4.69) is 26.6 Å². The van der Waals surface area contributed by atoms with Gasteiger partial charge in [0.05, 0.1) is 4.47 Å². The van der Waals surface area contributed by atoms with E-state index < -0.39 is 0 Å². The number of nitrogens with zero attached hydrogens (tertiary/aromatic N) is 1. The van der Waals surface area contributed by atoms with Gasteiger partial charge in [0.15, 0.2) is 11.5 Å². The first-order valence-electron chi connectivity index (χ1n) is 6.32. The van der Waals surface area contributed by atoms with Crippen molar-refractivity contribution in [2.24, 2.45) is 0 Å². The Balaban J connectivity index is 1.75. The van der Waals surface area contributed by atoms with Crippen LogP contribution in [-0.2, 0) is 6.54 Å². The molecule has 0 radical (unpaired) electrons. The predicted octanol–water partition coefficient (Wildman–Crippen LogP) is 1.54. The quantitative estimate of drug-likeness (QED) is 0.796. The number of carbonyl (C=O) groups is 1. The second kappa shape index (κ2) is 6.81. The van der Waals surface area contributed by atoms with Crippen molar-refractivity contribution in [1.82, 2.24) is 15.5 Å². The van der Waals surface area contributed by atoms with E-state index in [0.717, 1.165) is 21.5 Å². The summed E-state index contributed by atoms with van der Waals surface area (Å²) in [4.78, 5) is 12.8. The first kappa shape index (κ1) is 14.9. The molecule has 0 saturated carbocycles. The molecule has 1 aliphatic rings. The minimum Gasteiger partial charge on any atom is -0.454 e. The van der Waals surface area contributed by atoms with Crippen LogP contribution >= 0.6 is 15.9 Å². The summed E-state index contributed by atoms with van der Waals surface area (Å²) in [6.45, 7) is 2.25. The highest BCUT2D eigenvalue weighted by Crippen LogP contribution is 2.39. The van der Waals surface area contributed by atoms with E-state index in [1.807, 2.05) is 12.1 Å². The minimum atomic E-state index is -0.0855. The zero-order valence-electron chi connectivity index (χ0n) is 11.5. The smallest absolute Gasteiger partial charge is 0.316 e. The number of fused-ring (bicyclic) bond motifs is 1. The van der Waals surface area contributed by atoms with Gasteiger partial charge in [-0.05, 0) is 33.6 Å². The van der Waals surface area contributed by atoms with Crippen LogP contribution < -0.4 is 20.1 Å². The summed E-state index contributed by atoms with van der Waals surface area (Å²) in [5, 5.41) is 6.06. The lowest BCUT2D eigenvalue weighted by Crippen LogP contribution is -2.38. The number of rotatable bonds is 5. The number of benzene rings is 1. The van der Waals surface area contributed by atoms with Gasteiger partial charge in [0.25, 0.3) is 0 Å². The normalized spacial score (nSPS) is 12.3. The van der Waals surface area contributed by atoms with Crippen LogP contribution in [0.2, 0.25) is 0 Å². The average molecular weight is 344 g/mol. The monoisotopic (exact) mass is 343 g/mol. The molecule has 0 bridgehead atoms. The van der Waals surface area contributed by atoms with Crippen LogP contribution in [0.4, 0.5) is 4.79 Å². The summed E-state index contributed by atoms with van der Waals surface area (Å²) in [7, 11) is 3.43. The summed E-state index contributed by atoms with van der Waals surface area (Å²) in [6, 6.07) is 3.87. The van der Waals surface area contributed by atoms with Crippen LogP contribution in [-0.4, -0.2) is 44.9 Å². The molecule has 1 aliphatic heterocycles. The summed E-state index contributed by atoms with van der Waals surface area (Å²) < 4.78 is 11.6. The molecule has 6 nitrogen and oxygen atoms in total. The van der Waals surface area contributed by atoms with Gasteiger partial charge in [-0.25, -0.2) is 4.79 Å². The van der Waals surface area contributed by atoms with Crippen molar-refractivity contribution in [3.05, 3.63) is 22.2 Å². The highest BCUT2D eigenvalue weighted by atomic mass is 79.9. The van der Waals surface area contributed by atoms with Gasteiger partial charge < -0.3 is 25.0 Å². The molecule has 0 spiro atoms. The van der Waals surface area contributed by atoms with Crippen molar-refractivity contribution in [1.29, 1.82) is 0 Å². The van der Waals surface area contributed by atoms with E-state index in [9.17, 15) is 4.79 Å². The van der Waals surface area contributed by atoms with Gasteiger partial charge in [-0.3, -0.25) is 0 Å². The molecule has 0 aromatic heterocycles. The third-order valence-corrected chi connectivity index (χ3v) is 3.39. The molecule has 0 unspecified atom stereocenters. The van der Waals surface area contributed by atoms with Gasteiger partial charge >= 0.3 is 6.03 Å². The van der Waals surface area contributed by atoms with E-state index in [-0.39, 0.29) is 12.8 Å². The van der Waals surface area contributed by atoms with Gasteiger partial charge in [-0.1, -0.05) is 0 Å². The molecule has 2 amide bonds. The molecular weight excluding hydrogens is 326 g/mol. The van der Waals surface area contributed by atoms with Gasteiger partial charge in [0.2, 0.25) is 6.79 Å². The fourth-order valence-corrected chi connectivity index (χ4v) is 2.38. The fourth-order valence-electron chi connectivity index (χ4n) is 1.77. The van der Waals surface area contributed by atoms with E-state index in [1.54, 1.807) is 14.1 Å². The molecule has 1 heterocycles. The molecule has 110 valence electrons. The maximum absolute atomic E-state index is 11.3. The second-order valence-corrected chi connectivity index (χ2v) is 5.47. The zero-order valence-corrected chi connectivity index (χ0v) is 13.1. The van der Waals surface area contributed by atoms with E-state index in [4.69, 9.17) is 9.47 Å². The molecule has 1 aromatic carbocycles. The number of nitrogens with one attached hydrogen (secondary N) is 2. The lowest BCUT2D eigenvalue weighted by atomic mass is 10.2. The zero-order chi connectivity index (χ0) is 14.5. The number of carbonyl (C=O) groups excluding carboxylic acids is 1. The number of urea groups is 1. The lowest BCUT2D eigenvalue weighted by Gasteiger charge is -2.12. The Morgan fingerprint density at radius 3 is 2.90 bits per heavy atom. The van der Waals surface area contributed by atoms with Crippen LogP contribution in [0.3, 0.4) is 0 Å². The van der Waals surface area contributed by atoms with Crippen LogP contribution in [0.5, 0.6) is 11.5 Å². The first-order valence-corrected chi connectivity index (χ1v) is 7.11. The lowest BCUT2D eigenvalue weighted by molar-refractivity contribution is 0.173. The van der Waals surface area contributed by atoms with Crippen molar-refractivity contribution in [3.63, 3.8) is 0 Å². The molecule has 2 rings (SSSR count). The van der Waals surface area contributed by atoms with Crippen molar-refractivity contribution in [3.8, 4) is 11.5 Å². The molecule has 20 heavy (non-hydrogen) atoms. The Bertz CT molecular complexity index is 494. The van der Waals surface area contributed by atoms with Gasteiger partial charge in [0.1, 0.15) is 0 Å². The Labute approximate surface area is 126 Å². The predicted molar refractivity (Wildman–Crippen MR) is 79.1 cm³/mol. The topological polar surface area (TPSA) is 62.8 Å². The maximum Gasteiger partial charge on any atom is 0.316 e. The molecule has 0 atom stereocenters. The molecule has 0 aliphatic carbocycles. The summed E-state index contributed by atoms with van der Waals surface area (Å²) in [5.41, 5.74) is 1.10. The Hall–Kier alpha value is -1.47. The number of hydrogen-bond donors (Lipinski definition) is 2. The Morgan fingerprint density at radius 1 is 1.35 bits per heavy atom. The highest BCUT2D eigenvalue weighted by molar-refractivity contribution is 9.10. The van der Waals surface area contributed by atoms with E-state index in [1.165, 1.54) is 4.90 Å². The van der Waals surface area contributed by atoms with Crippen molar-refractivity contribution < 1.29 is 14.3 Å². The standard InChI is InChI=1S/C13H18BrN3O3/c1-17(2)13(18)16-4-3-15-7-9-5-10(14)12-11(6-9)19-8-20-12/h5-6,15H,3-4,7-8H2,1-2H3,(H,16,18). The van der Waals surface area contributed by atoms with Crippen LogP contribution in [0.25, 0.3) is 0 Å². The fraction of sp³-hybridized carbons (Fsp3) is 0.462. The Morgan fingerprint density at radius 2 is 2.15 bits per heavy atom. The molecule has 0 saturated heterocycles. The molecule has 1 aromatic rings. The third-order valence-electron chi connectivity index (χ3n) is 2.80. The van der Waals surface area contributed by atoms with E-state index >= 15 is 0 Å². The van der Waals surface area contributed by atoms with Crippen molar-refractivity contribution >= 4 is 22.0 Å². The number of ether oxygens (including phenoxy) is 2. The summed E-state index contributed by atoms with van der Waals surface area (Å²) in [5.74, 6) is 1.52. The van der Waals surface area contributed by atoms with Gasteiger partial charge in [-0.15, -0.1) is 0 Å². The van der Waals surface area contributed by atoms with Crippen LogP contribution in [0.15, 0.2) is 16.6 Å². The second-order valence-electron chi connectivity index (χ2n) is 4.61. The number of amides is 2. The molecule has 0 fully saturated rings.